The lowest BCUT2D eigenvalue weighted by Crippen LogP contribution is -2.38. The minimum absolute atomic E-state index is 0. The zero-order chi connectivity index (χ0) is 18.1. The molecule has 0 aliphatic heterocycles. The van der Waals surface area contributed by atoms with Gasteiger partial charge in [-0.25, -0.2) is 4.98 Å². The molecule has 1 aromatic carbocycles. The smallest absolute Gasteiger partial charge is 0.194 e. The summed E-state index contributed by atoms with van der Waals surface area (Å²) >= 11 is 1.71. The van der Waals surface area contributed by atoms with Crippen molar-refractivity contribution < 1.29 is 0 Å². The highest BCUT2D eigenvalue weighted by atomic mass is 127. The second-order valence-corrected chi connectivity index (χ2v) is 8.56. The Bertz CT molecular complexity index is 803. The van der Waals surface area contributed by atoms with Gasteiger partial charge in [-0.3, -0.25) is 4.99 Å². The molecule has 3 atom stereocenters. The lowest BCUT2D eigenvalue weighted by molar-refractivity contribution is 0.469. The zero-order valence-electron chi connectivity index (χ0n) is 16.3. The number of halogens is 1. The van der Waals surface area contributed by atoms with Crippen molar-refractivity contribution in [1.29, 1.82) is 0 Å². The number of aryl methyl sites for hydroxylation is 2. The number of aromatic nitrogens is 1. The van der Waals surface area contributed by atoms with Crippen LogP contribution in [0.2, 0.25) is 0 Å². The number of benzene rings is 1. The molecule has 27 heavy (non-hydrogen) atoms. The Balaban J connectivity index is 0.00000210. The summed E-state index contributed by atoms with van der Waals surface area (Å²) < 4.78 is 0. The Labute approximate surface area is 183 Å². The first-order valence-electron chi connectivity index (χ1n) is 9.65. The molecule has 2 aliphatic carbocycles. The fourth-order valence-electron chi connectivity index (χ4n) is 4.42. The van der Waals surface area contributed by atoms with Crippen molar-refractivity contribution in [2.24, 2.45) is 16.8 Å². The van der Waals surface area contributed by atoms with Crippen molar-refractivity contribution in [2.45, 2.75) is 39.2 Å². The Kier molecular flexibility index (Phi) is 6.78. The Morgan fingerprint density at radius 1 is 1.37 bits per heavy atom. The molecular formula is C21H29IN4S. The molecule has 0 saturated heterocycles. The molecule has 2 aliphatic rings. The molecule has 0 bridgehead atoms. The Morgan fingerprint density at radius 3 is 2.93 bits per heavy atom. The maximum Gasteiger partial charge on any atom is 0.194 e. The second-order valence-electron chi connectivity index (χ2n) is 7.50. The largest absolute Gasteiger partial charge is 0.357 e. The molecule has 4 nitrogen and oxygen atoms in total. The summed E-state index contributed by atoms with van der Waals surface area (Å²) in [6.07, 6.45) is 2.56. The second kappa shape index (κ2) is 8.90. The highest BCUT2D eigenvalue weighted by Crippen LogP contribution is 2.59. The number of fused-ring (bicyclic) bond motifs is 3. The van der Waals surface area contributed by atoms with Crippen molar-refractivity contribution in [2.75, 3.05) is 20.1 Å². The number of aliphatic imine (C=N–C) groups is 1. The van der Waals surface area contributed by atoms with E-state index in [2.05, 4.69) is 65.7 Å². The van der Waals surface area contributed by atoms with E-state index in [0.717, 1.165) is 48.1 Å². The van der Waals surface area contributed by atoms with E-state index in [4.69, 9.17) is 4.99 Å². The molecule has 0 radical (unpaired) electrons. The summed E-state index contributed by atoms with van der Waals surface area (Å²) in [5.41, 5.74) is 4.26. The molecule has 1 N–H and O–H groups in total. The fraction of sp³-hybridized carbons (Fsp3) is 0.524. The van der Waals surface area contributed by atoms with Gasteiger partial charge in [-0.1, -0.05) is 24.3 Å². The van der Waals surface area contributed by atoms with E-state index in [-0.39, 0.29) is 24.0 Å². The van der Waals surface area contributed by atoms with Crippen LogP contribution in [0, 0.1) is 18.8 Å². The number of hydrogen-bond acceptors (Lipinski definition) is 3. The third-order valence-electron chi connectivity index (χ3n) is 5.71. The van der Waals surface area contributed by atoms with E-state index in [0.29, 0.717) is 5.92 Å². The number of thiazole rings is 1. The fourth-order valence-corrected chi connectivity index (χ4v) is 5.02. The summed E-state index contributed by atoms with van der Waals surface area (Å²) in [6, 6.07) is 9.00. The lowest BCUT2D eigenvalue weighted by atomic mass is 9.92. The first-order valence-corrected chi connectivity index (χ1v) is 10.5. The van der Waals surface area contributed by atoms with Crippen LogP contribution in [0.15, 0.2) is 34.6 Å². The van der Waals surface area contributed by atoms with Crippen LogP contribution in [-0.2, 0) is 13.0 Å². The van der Waals surface area contributed by atoms with Crippen molar-refractivity contribution >= 4 is 41.3 Å². The van der Waals surface area contributed by atoms with Gasteiger partial charge in [0, 0.05) is 25.5 Å². The molecular weight excluding hydrogens is 467 g/mol. The quantitative estimate of drug-likeness (QED) is 0.378. The lowest BCUT2D eigenvalue weighted by Gasteiger charge is -2.21. The van der Waals surface area contributed by atoms with E-state index in [1.807, 2.05) is 0 Å². The average Bonchev–Trinajstić information content (AvgIpc) is 3.22. The average molecular weight is 496 g/mol. The van der Waals surface area contributed by atoms with Crippen LogP contribution in [0.1, 0.15) is 41.1 Å². The Morgan fingerprint density at radius 2 is 2.19 bits per heavy atom. The topological polar surface area (TPSA) is 40.5 Å². The zero-order valence-corrected chi connectivity index (χ0v) is 19.5. The maximum atomic E-state index is 4.98. The molecule has 2 aromatic rings. The van der Waals surface area contributed by atoms with Crippen LogP contribution in [0.4, 0.5) is 0 Å². The molecule has 1 heterocycles. The monoisotopic (exact) mass is 496 g/mol. The van der Waals surface area contributed by atoms with E-state index in [1.165, 1.54) is 12.8 Å². The number of nitrogens with one attached hydrogen (secondary N) is 1. The van der Waals surface area contributed by atoms with Gasteiger partial charge in [0.2, 0.25) is 0 Å². The van der Waals surface area contributed by atoms with Gasteiger partial charge in [0.1, 0.15) is 0 Å². The molecule has 1 aromatic heterocycles. The Hall–Kier alpha value is -1.15. The predicted octanol–water partition coefficient (Wildman–Crippen LogP) is 4.44. The predicted molar refractivity (Wildman–Crippen MR) is 124 cm³/mol. The third-order valence-corrected chi connectivity index (χ3v) is 6.53. The van der Waals surface area contributed by atoms with Crippen molar-refractivity contribution in [3.63, 3.8) is 0 Å². The minimum Gasteiger partial charge on any atom is -0.357 e. The summed E-state index contributed by atoms with van der Waals surface area (Å²) in [5.74, 6) is 3.28. The van der Waals surface area contributed by atoms with Gasteiger partial charge in [0.05, 0.1) is 17.2 Å². The van der Waals surface area contributed by atoms with E-state index in [1.54, 1.807) is 22.5 Å². The van der Waals surface area contributed by atoms with Crippen molar-refractivity contribution in [1.82, 2.24) is 15.2 Å². The van der Waals surface area contributed by atoms with Gasteiger partial charge in [0.25, 0.3) is 0 Å². The molecule has 1 saturated carbocycles. The minimum atomic E-state index is 0. The van der Waals surface area contributed by atoms with Gasteiger partial charge in [-0.05, 0) is 55.6 Å². The van der Waals surface area contributed by atoms with Gasteiger partial charge < -0.3 is 10.2 Å². The van der Waals surface area contributed by atoms with Crippen LogP contribution in [0.25, 0.3) is 0 Å². The van der Waals surface area contributed by atoms with Gasteiger partial charge >= 0.3 is 0 Å². The number of hydrogen-bond donors (Lipinski definition) is 1. The van der Waals surface area contributed by atoms with Gasteiger partial charge in [0.15, 0.2) is 5.96 Å². The van der Waals surface area contributed by atoms with Crippen LogP contribution in [0.5, 0.6) is 0 Å². The molecule has 1 fully saturated rings. The van der Waals surface area contributed by atoms with E-state index in [9.17, 15) is 0 Å². The van der Waals surface area contributed by atoms with Crippen LogP contribution in [0.3, 0.4) is 0 Å². The summed E-state index contributed by atoms with van der Waals surface area (Å²) in [7, 11) is 2.10. The molecule has 3 unspecified atom stereocenters. The molecule has 4 rings (SSSR count). The van der Waals surface area contributed by atoms with Crippen LogP contribution in [-0.4, -0.2) is 36.0 Å². The first kappa shape index (κ1) is 20.6. The number of rotatable bonds is 5. The summed E-state index contributed by atoms with van der Waals surface area (Å²) in [4.78, 5) is 11.8. The van der Waals surface area contributed by atoms with Crippen molar-refractivity contribution in [3.8, 4) is 0 Å². The standard InChI is InChI=1S/C21H28N4S.HI/c1-4-22-21(25(3)12-16-13-26-14(2)24-16)23-11-19-18-10-9-15-7-5-6-8-17(15)20(18)19;/h5-8,13,18-20H,4,9-12H2,1-3H3,(H,22,23);1H. The normalized spacial score (nSPS) is 23.1. The van der Waals surface area contributed by atoms with Gasteiger partial charge in [-0.2, -0.15) is 0 Å². The molecule has 0 amide bonds. The highest BCUT2D eigenvalue weighted by Gasteiger charge is 2.52. The highest BCUT2D eigenvalue weighted by molar-refractivity contribution is 14.0. The van der Waals surface area contributed by atoms with Crippen LogP contribution < -0.4 is 5.32 Å². The van der Waals surface area contributed by atoms with E-state index < -0.39 is 0 Å². The third kappa shape index (κ3) is 4.47. The maximum absolute atomic E-state index is 4.98. The summed E-state index contributed by atoms with van der Waals surface area (Å²) in [5, 5.41) is 6.71. The molecule has 6 heteroatoms. The molecule has 146 valence electrons. The van der Waals surface area contributed by atoms with E-state index >= 15 is 0 Å². The van der Waals surface area contributed by atoms with Crippen LogP contribution >= 0.6 is 35.3 Å². The number of nitrogens with zero attached hydrogens (tertiary/aromatic N) is 3. The van der Waals surface area contributed by atoms with Crippen molar-refractivity contribution in [3.05, 3.63) is 51.5 Å². The SMILES string of the molecule is CCNC(=NCC1C2CCc3ccccc3C21)N(C)Cc1csc(C)n1.I. The first-order chi connectivity index (χ1) is 12.7. The van der Waals surface area contributed by atoms with Gasteiger partial charge in [-0.15, -0.1) is 35.3 Å². The number of guanidine groups is 1. The molecule has 0 spiro atoms. The summed E-state index contributed by atoms with van der Waals surface area (Å²) in [6.45, 7) is 6.80.